The summed E-state index contributed by atoms with van der Waals surface area (Å²) in [6.45, 7) is 10.6. The largest absolute Gasteiger partial charge is 0.477 e. The SMILES string of the molecule is CC(=O)CN=C1CCC/C1=C(/N)C(=O)O.CCCC(CCC)c1cccc(C)c1C. The van der Waals surface area contributed by atoms with Crippen LogP contribution in [0.25, 0.3) is 0 Å². The van der Waals surface area contributed by atoms with Crippen molar-refractivity contribution in [1.82, 2.24) is 0 Å². The Morgan fingerprint density at radius 2 is 1.77 bits per heavy atom. The third kappa shape index (κ3) is 7.77. The molecule has 1 aromatic carbocycles. The van der Waals surface area contributed by atoms with Crippen LogP contribution < -0.4 is 5.73 Å². The molecule has 0 bridgehead atoms. The lowest BCUT2D eigenvalue weighted by molar-refractivity contribution is -0.132. The minimum Gasteiger partial charge on any atom is -0.477 e. The van der Waals surface area contributed by atoms with Gasteiger partial charge in [-0.2, -0.15) is 0 Å². The number of nitrogens with zero attached hydrogens (tertiary/aromatic N) is 1. The van der Waals surface area contributed by atoms with E-state index in [9.17, 15) is 9.59 Å². The first-order chi connectivity index (χ1) is 14.2. The van der Waals surface area contributed by atoms with Crippen LogP contribution in [0.3, 0.4) is 0 Å². The topological polar surface area (TPSA) is 92.8 Å². The smallest absolute Gasteiger partial charge is 0.352 e. The zero-order chi connectivity index (χ0) is 22.7. The second-order valence-corrected chi connectivity index (χ2v) is 8.08. The molecule has 1 aromatic rings. The maximum Gasteiger partial charge on any atom is 0.352 e. The Bertz CT molecular complexity index is 788. The second kappa shape index (κ2) is 13.0. The predicted molar refractivity (Wildman–Crippen MR) is 124 cm³/mol. The maximum atomic E-state index is 10.7. The van der Waals surface area contributed by atoms with Crippen molar-refractivity contribution in [2.45, 2.75) is 85.5 Å². The highest BCUT2D eigenvalue weighted by molar-refractivity contribution is 6.08. The van der Waals surface area contributed by atoms with Gasteiger partial charge in [-0.15, -0.1) is 0 Å². The molecule has 0 unspecified atom stereocenters. The van der Waals surface area contributed by atoms with Gasteiger partial charge >= 0.3 is 5.97 Å². The van der Waals surface area contributed by atoms with E-state index in [1.807, 2.05) is 0 Å². The van der Waals surface area contributed by atoms with Crippen molar-refractivity contribution in [2.24, 2.45) is 10.7 Å². The van der Waals surface area contributed by atoms with Crippen molar-refractivity contribution in [3.8, 4) is 0 Å². The monoisotopic (exact) mass is 414 g/mol. The molecule has 0 radical (unpaired) electrons. The maximum absolute atomic E-state index is 10.7. The highest BCUT2D eigenvalue weighted by Gasteiger charge is 2.21. The summed E-state index contributed by atoms with van der Waals surface area (Å²) in [5.41, 5.74) is 11.1. The molecule has 0 aliphatic heterocycles. The van der Waals surface area contributed by atoms with E-state index in [0.29, 0.717) is 24.1 Å². The zero-order valence-corrected chi connectivity index (χ0v) is 19.3. The van der Waals surface area contributed by atoms with Crippen molar-refractivity contribution in [1.29, 1.82) is 0 Å². The molecule has 166 valence electrons. The molecule has 0 heterocycles. The zero-order valence-electron chi connectivity index (χ0n) is 19.3. The highest BCUT2D eigenvalue weighted by atomic mass is 16.4. The number of hydrogen-bond donors (Lipinski definition) is 2. The number of benzene rings is 1. The molecule has 5 heteroatoms. The number of Topliss-reactive ketones (excluding diaryl/α,β-unsaturated/α-hetero) is 1. The molecule has 5 nitrogen and oxygen atoms in total. The third-order valence-corrected chi connectivity index (χ3v) is 5.60. The summed E-state index contributed by atoms with van der Waals surface area (Å²) in [4.78, 5) is 25.5. The van der Waals surface area contributed by atoms with Crippen LogP contribution >= 0.6 is 0 Å². The number of carboxylic acid groups (broad SMARTS) is 1. The number of hydrogen-bond acceptors (Lipinski definition) is 4. The number of carbonyl (C=O) groups is 2. The summed E-state index contributed by atoms with van der Waals surface area (Å²) >= 11 is 0. The van der Waals surface area contributed by atoms with Gasteiger partial charge in [-0.3, -0.25) is 9.79 Å². The number of aliphatic carboxylic acids is 1. The molecule has 2 rings (SSSR count). The van der Waals surface area contributed by atoms with Gasteiger partial charge < -0.3 is 10.8 Å². The molecule has 1 fully saturated rings. The first-order valence-corrected chi connectivity index (χ1v) is 11.0. The van der Waals surface area contributed by atoms with E-state index >= 15 is 0 Å². The molecule has 1 aliphatic rings. The molecular formula is C25H38N2O3. The Hall–Kier alpha value is -2.43. The predicted octanol–water partition coefficient (Wildman–Crippen LogP) is 5.48. The van der Waals surface area contributed by atoms with Crippen molar-refractivity contribution in [3.05, 3.63) is 46.2 Å². The van der Waals surface area contributed by atoms with E-state index in [-0.39, 0.29) is 18.0 Å². The molecule has 0 saturated heterocycles. The lowest BCUT2D eigenvalue weighted by atomic mass is 9.86. The van der Waals surface area contributed by atoms with Gasteiger partial charge in [-0.1, -0.05) is 44.9 Å². The number of allylic oxidation sites excluding steroid dienone is 1. The summed E-state index contributed by atoms with van der Waals surface area (Å²) < 4.78 is 0. The Morgan fingerprint density at radius 1 is 1.13 bits per heavy atom. The minimum absolute atomic E-state index is 0.0392. The summed E-state index contributed by atoms with van der Waals surface area (Å²) in [5, 5.41) is 8.73. The van der Waals surface area contributed by atoms with E-state index < -0.39 is 5.97 Å². The Balaban J connectivity index is 0.000000300. The first-order valence-electron chi connectivity index (χ1n) is 11.0. The molecule has 1 saturated carbocycles. The average Bonchev–Trinajstić information content (AvgIpc) is 3.17. The van der Waals surface area contributed by atoms with Crippen molar-refractivity contribution < 1.29 is 14.7 Å². The van der Waals surface area contributed by atoms with Crippen molar-refractivity contribution >= 4 is 17.5 Å². The van der Waals surface area contributed by atoms with Crippen LogP contribution in [0.5, 0.6) is 0 Å². The van der Waals surface area contributed by atoms with Gasteiger partial charge in [0, 0.05) is 11.3 Å². The Kier molecular flexibility index (Phi) is 11.1. The fraction of sp³-hybridized carbons (Fsp3) is 0.560. The van der Waals surface area contributed by atoms with Crippen molar-refractivity contribution in [3.63, 3.8) is 0 Å². The lowest BCUT2D eigenvalue weighted by Gasteiger charge is -2.19. The van der Waals surface area contributed by atoms with Gasteiger partial charge in [0.05, 0.1) is 6.54 Å². The highest BCUT2D eigenvalue weighted by Crippen LogP contribution is 2.30. The number of carboxylic acids is 1. The number of aliphatic imine (C=N–C) groups is 1. The van der Waals surface area contributed by atoms with Crippen LogP contribution in [0, 0.1) is 13.8 Å². The number of rotatable bonds is 8. The van der Waals surface area contributed by atoms with Gasteiger partial charge in [0.2, 0.25) is 0 Å². The Labute approximate surface area is 181 Å². The molecule has 1 aliphatic carbocycles. The normalized spacial score (nSPS) is 16.4. The minimum atomic E-state index is -1.12. The third-order valence-electron chi connectivity index (χ3n) is 5.60. The molecule has 0 spiro atoms. The second-order valence-electron chi connectivity index (χ2n) is 8.08. The van der Waals surface area contributed by atoms with E-state index in [1.165, 1.54) is 43.7 Å². The fourth-order valence-electron chi connectivity index (χ4n) is 3.90. The van der Waals surface area contributed by atoms with Crippen molar-refractivity contribution in [2.75, 3.05) is 6.54 Å². The molecule has 0 aromatic heterocycles. The van der Waals surface area contributed by atoms with Crippen LogP contribution in [0.15, 0.2) is 34.5 Å². The van der Waals surface area contributed by atoms with Gasteiger partial charge in [-0.25, -0.2) is 4.79 Å². The van der Waals surface area contributed by atoms with Crippen LogP contribution in [0.2, 0.25) is 0 Å². The number of carbonyl (C=O) groups excluding carboxylic acids is 1. The number of ketones is 1. The van der Waals surface area contributed by atoms with Crippen LogP contribution in [0.1, 0.15) is 88.3 Å². The summed E-state index contributed by atoms with van der Waals surface area (Å²) in [6, 6.07) is 6.74. The van der Waals surface area contributed by atoms with Gasteiger partial charge in [0.15, 0.2) is 5.78 Å². The molecule has 30 heavy (non-hydrogen) atoms. The Morgan fingerprint density at radius 3 is 2.30 bits per heavy atom. The number of nitrogens with two attached hydrogens (primary N) is 1. The van der Waals surface area contributed by atoms with Gasteiger partial charge in [0.25, 0.3) is 0 Å². The molecule has 0 amide bonds. The standard InChI is InChI=1S/C15H24.C10H14N2O3/c1-5-8-14(9-6-2)15-11-7-10-12(3)13(15)4;1-6(13)5-12-8-4-2-3-7(8)9(11)10(14)15/h7,10-11,14H,5-6,8-9H2,1-4H3;2-5,11H2,1H3,(H,14,15)/b;9-7-,12-8?. The molecule has 3 N–H and O–H groups in total. The summed E-state index contributed by atoms with van der Waals surface area (Å²) in [6.07, 6.45) is 7.43. The van der Waals surface area contributed by atoms with E-state index in [1.54, 1.807) is 5.56 Å². The van der Waals surface area contributed by atoms with Gasteiger partial charge in [-0.05, 0) is 75.5 Å². The molecule has 0 atom stereocenters. The van der Waals surface area contributed by atoms with E-state index in [0.717, 1.165) is 12.3 Å². The summed E-state index contributed by atoms with van der Waals surface area (Å²) in [7, 11) is 0. The number of aryl methyl sites for hydroxylation is 1. The summed E-state index contributed by atoms with van der Waals surface area (Å²) in [5.74, 6) is -0.384. The van der Waals surface area contributed by atoms with E-state index in [2.05, 4.69) is 50.9 Å². The van der Waals surface area contributed by atoms with Crippen LogP contribution in [-0.4, -0.2) is 29.1 Å². The fourth-order valence-corrected chi connectivity index (χ4v) is 3.90. The van der Waals surface area contributed by atoms with E-state index in [4.69, 9.17) is 10.8 Å². The van der Waals surface area contributed by atoms with Gasteiger partial charge in [0.1, 0.15) is 5.70 Å². The van der Waals surface area contributed by atoms with Crippen LogP contribution in [-0.2, 0) is 9.59 Å². The van der Waals surface area contributed by atoms with Crippen LogP contribution in [0.4, 0.5) is 0 Å². The first kappa shape index (κ1) is 25.6. The quantitative estimate of drug-likeness (QED) is 0.550. The average molecular weight is 415 g/mol. The molecular weight excluding hydrogens is 376 g/mol. The lowest BCUT2D eigenvalue weighted by Crippen LogP contribution is -2.16.